The van der Waals surface area contributed by atoms with Gasteiger partial charge in [0.05, 0.1) is 0 Å². The number of fused-ring (bicyclic) bond motifs is 1. The summed E-state index contributed by atoms with van der Waals surface area (Å²) >= 11 is 0. The van der Waals surface area contributed by atoms with Crippen molar-refractivity contribution in [3.8, 4) is 0 Å². The molecule has 1 aliphatic heterocycles. The van der Waals surface area contributed by atoms with E-state index >= 15 is 0 Å². The van der Waals surface area contributed by atoms with Crippen LogP contribution in [0.3, 0.4) is 0 Å². The van der Waals surface area contributed by atoms with E-state index in [2.05, 4.69) is 18.2 Å². The Kier molecular flexibility index (Phi) is 2.62. The monoisotopic (exact) mass is 205 g/mol. The standard InChI is InChI=1S/C12H15NO2/c1-9-4-5-10-3-2-6-13(8-12(14)15)11(10)7-9/h4-5,7H,2-3,6,8H2,1H3,(H,14,15). The van der Waals surface area contributed by atoms with Gasteiger partial charge in [-0.05, 0) is 37.0 Å². The summed E-state index contributed by atoms with van der Waals surface area (Å²) in [6.07, 6.45) is 2.11. The highest BCUT2D eigenvalue weighted by Gasteiger charge is 2.18. The molecule has 1 N–H and O–H groups in total. The van der Waals surface area contributed by atoms with E-state index in [0.717, 1.165) is 25.1 Å². The second-order valence-electron chi connectivity index (χ2n) is 4.05. The number of benzene rings is 1. The molecule has 0 amide bonds. The van der Waals surface area contributed by atoms with E-state index in [0.29, 0.717) is 0 Å². The topological polar surface area (TPSA) is 40.5 Å². The van der Waals surface area contributed by atoms with Crippen LogP contribution < -0.4 is 4.90 Å². The first kappa shape index (κ1) is 10.0. The number of rotatable bonds is 2. The lowest BCUT2D eigenvalue weighted by molar-refractivity contribution is -0.135. The molecule has 1 aliphatic rings. The normalized spacial score (nSPS) is 14.9. The van der Waals surface area contributed by atoms with Crippen molar-refractivity contribution in [1.29, 1.82) is 0 Å². The van der Waals surface area contributed by atoms with Crippen molar-refractivity contribution in [1.82, 2.24) is 0 Å². The number of aryl methyl sites for hydroxylation is 2. The van der Waals surface area contributed by atoms with Crippen molar-refractivity contribution in [3.05, 3.63) is 29.3 Å². The number of nitrogens with zero attached hydrogens (tertiary/aromatic N) is 1. The largest absolute Gasteiger partial charge is 0.480 e. The fourth-order valence-electron chi connectivity index (χ4n) is 2.09. The maximum atomic E-state index is 10.7. The van der Waals surface area contributed by atoms with Crippen LogP contribution in [0.4, 0.5) is 5.69 Å². The highest BCUT2D eigenvalue weighted by Crippen LogP contribution is 2.27. The van der Waals surface area contributed by atoms with E-state index < -0.39 is 5.97 Å². The molecule has 0 aromatic heterocycles. The number of aliphatic carboxylic acids is 1. The van der Waals surface area contributed by atoms with E-state index in [4.69, 9.17) is 5.11 Å². The molecule has 0 spiro atoms. The van der Waals surface area contributed by atoms with E-state index in [1.807, 2.05) is 11.8 Å². The minimum Gasteiger partial charge on any atom is -0.480 e. The SMILES string of the molecule is Cc1ccc2c(c1)N(CC(=O)O)CCC2. The predicted molar refractivity (Wildman–Crippen MR) is 59.3 cm³/mol. The first-order valence-corrected chi connectivity index (χ1v) is 5.23. The van der Waals surface area contributed by atoms with Gasteiger partial charge in [-0.3, -0.25) is 4.79 Å². The average Bonchev–Trinajstić information content (AvgIpc) is 2.18. The number of carboxylic acids is 1. The Morgan fingerprint density at radius 1 is 1.53 bits per heavy atom. The summed E-state index contributed by atoms with van der Waals surface area (Å²) in [5.74, 6) is -0.760. The highest BCUT2D eigenvalue weighted by atomic mass is 16.4. The van der Waals surface area contributed by atoms with E-state index in [-0.39, 0.29) is 6.54 Å². The van der Waals surface area contributed by atoms with Crippen LogP contribution in [0.15, 0.2) is 18.2 Å². The molecule has 1 heterocycles. The molecule has 2 rings (SSSR count). The smallest absolute Gasteiger partial charge is 0.323 e. The van der Waals surface area contributed by atoms with Gasteiger partial charge < -0.3 is 10.0 Å². The van der Waals surface area contributed by atoms with Crippen molar-refractivity contribution in [2.24, 2.45) is 0 Å². The lowest BCUT2D eigenvalue weighted by Gasteiger charge is -2.30. The van der Waals surface area contributed by atoms with Gasteiger partial charge in [0, 0.05) is 12.2 Å². The maximum absolute atomic E-state index is 10.7. The van der Waals surface area contributed by atoms with Gasteiger partial charge in [-0.1, -0.05) is 12.1 Å². The van der Waals surface area contributed by atoms with Crippen LogP contribution in [0.25, 0.3) is 0 Å². The molecule has 0 unspecified atom stereocenters. The van der Waals surface area contributed by atoms with Crippen LogP contribution in [-0.2, 0) is 11.2 Å². The van der Waals surface area contributed by atoms with Gasteiger partial charge in [-0.25, -0.2) is 0 Å². The van der Waals surface area contributed by atoms with Crippen LogP contribution in [-0.4, -0.2) is 24.2 Å². The van der Waals surface area contributed by atoms with Crippen LogP contribution in [0, 0.1) is 6.92 Å². The van der Waals surface area contributed by atoms with Crippen molar-refractivity contribution in [2.75, 3.05) is 18.0 Å². The van der Waals surface area contributed by atoms with E-state index in [1.165, 1.54) is 11.1 Å². The Balaban J connectivity index is 2.32. The summed E-state index contributed by atoms with van der Waals surface area (Å²) in [5, 5.41) is 8.82. The number of anilines is 1. The molecule has 1 aromatic rings. The zero-order valence-electron chi connectivity index (χ0n) is 8.86. The van der Waals surface area contributed by atoms with Gasteiger partial charge in [0.1, 0.15) is 6.54 Å². The fourth-order valence-corrected chi connectivity index (χ4v) is 2.09. The molecule has 80 valence electrons. The van der Waals surface area contributed by atoms with Gasteiger partial charge in [0.25, 0.3) is 0 Å². The average molecular weight is 205 g/mol. The molecule has 15 heavy (non-hydrogen) atoms. The molecule has 0 saturated heterocycles. The summed E-state index contributed by atoms with van der Waals surface area (Å²) in [7, 11) is 0. The molecule has 0 saturated carbocycles. The number of carboxylic acid groups (broad SMARTS) is 1. The molecule has 0 atom stereocenters. The van der Waals surface area contributed by atoms with Crippen molar-refractivity contribution in [2.45, 2.75) is 19.8 Å². The molecule has 0 radical (unpaired) electrons. The second-order valence-corrected chi connectivity index (χ2v) is 4.05. The number of carbonyl (C=O) groups is 1. The Morgan fingerprint density at radius 2 is 2.33 bits per heavy atom. The Morgan fingerprint density at radius 3 is 3.07 bits per heavy atom. The predicted octanol–water partition coefficient (Wildman–Crippen LogP) is 1.83. The summed E-state index contributed by atoms with van der Waals surface area (Å²) in [4.78, 5) is 12.7. The van der Waals surface area contributed by atoms with Gasteiger partial charge in [-0.2, -0.15) is 0 Å². The van der Waals surface area contributed by atoms with Crippen molar-refractivity contribution < 1.29 is 9.90 Å². The molecule has 3 nitrogen and oxygen atoms in total. The fraction of sp³-hybridized carbons (Fsp3) is 0.417. The zero-order chi connectivity index (χ0) is 10.8. The third kappa shape index (κ3) is 2.12. The van der Waals surface area contributed by atoms with Crippen LogP contribution in [0.5, 0.6) is 0 Å². The van der Waals surface area contributed by atoms with Crippen LogP contribution >= 0.6 is 0 Å². The first-order chi connectivity index (χ1) is 7.16. The van der Waals surface area contributed by atoms with E-state index in [1.54, 1.807) is 0 Å². The van der Waals surface area contributed by atoms with Crippen molar-refractivity contribution >= 4 is 11.7 Å². The van der Waals surface area contributed by atoms with Gasteiger partial charge in [0.2, 0.25) is 0 Å². The number of hydrogen-bond donors (Lipinski definition) is 1. The van der Waals surface area contributed by atoms with E-state index in [9.17, 15) is 4.79 Å². The van der Waals surface area contributed by atoms with Gasteiger partial charge in [-0.15, -0.1) is 0 Å². The number of hydrogen-bond acceptors (Lipinski definition) is 2. The molecule has 0 aliphatic carbocycles. The minimum atomic E-state index is -0.760. The first-order valence-electron chi connectivity index (χ1n) is 5.23. The van der Waals surface area contributed by atoms with Gasteiger partial charge >= 0.3 is 5.97 Å². The lowest BCUT2D eigenvalue weighted by Crippen LogP contribution is -2.34. The molecular formula is C12H15NO2. The van der Waals surface area contributed by atoms with Gasteiger partial charge in [0.15, 0.2) is 0 Å². The Labute approximate surface area is 89.3 Å². The zero-order valence-corrected chi connectivity index (χ0v) is 8.86. The minimum absolute atomic E-state index is 0.108. The summed E-state index contributed by atoms with van der Waals surface area (Å²) < 4.78 is 0. The van der Waals surface area contributed by atoms with Crippen LogP contribution in [0.1, 0.15) is 17.5 Å². The quantitative estimate of drug-likeness (QED) is 0.800. The third-order valence-electron chi connectivity index (χ3n) is 2.78. The van der Waals surface area contributed by atoms with Crippen LogP contribution in [0.2, 0.25) is 0 Å². The van der Waals surface area contributed by atoms with Crippen molar-refractivity contribution in [3.63, 3.8) is 0 Å². The highest BCUT2D eigenvalue weighted by molar-refractivity contribution is 5.75. The second kappa shape index (κ2) is 3.93. The Bertz CT molecular complexity index is 387. The lowest BCUT2D eigenvalue weighted by atomic mass is 10.00. The summed E-state index contributed by atoms with van der Waals surface area (Å²) in [5.41, 5.74) is 3.56. The molecule has 3 heteroatoms. The maximum Gasteiger partial charge on any atom is 0.323 e. The Hall–Kier alpha value is -1.51. The molecule has 1 aromatic carbocycles. The molecule has 0 fully saturated rings. The molecule has 0 bridgehead atoms. The summed E-state index contributed by atoms with van der Waals surface area (Å²) in [6, 6.07) is 6.28. The molecular weight excluding hydrogens is 190 g/mol. The summed E-state index contributed by atoms with van der Waals surface area (Å²) in [6.45, 7) is 2.99. The third-order valence-corrected chi connectivity index (χ3v) is 2.78.